The molecule has 1 aliphatic rings. The predicted octanol–water partition coefficient (Wildman–Crippen LogP) is 0.609. The summed E-state index contributed by atoms with van der Waals surface area (Å²) in [6, 6.07) is 0. The molecule has 0 aromatic carbocycles. The number of hydrogen-bond donors (Lipinski definition) is 1. The average Bonchev–Trinajstić information content (AvgIpc) is 2.28. The second kappa shape index (κ2) is 4.94. The second-order valence-electron chi connectivity index (χ2n) is 4.83. The zero-order valence-electron chi connectivity index (χ0n) is 9.95. The van der Waals surface area contributed by atoms with Crippen molar-refractivity contribution in [3.8, 4) is 0 Å². The maximum atomic E-state index is 12.1. The van der Waals surface area contributed by atoms with Crippen molar-refractivity contribution in [3.63, 3.8) is 0 Å². The molecule has 0 bridgehead atoms. The third kappa shape index (κ3) is 2.92. The van der Waals surface area contributed by atoms with E-state index < -0.39 is 0 Å². The Balaban J connectivity index is 2.58. The van der Waals surface area contributed by atoms with Crippen molar-refractivity contribution in [2.24, 2.45) is 11.7 Å². The molecule has 1 rings (SSSR count). The van der Waals surface area contributed by atoms with Crippen molar-refractivity contribution in [1.82, 2.24) is 4.90 Å². The maximum Gasteiger partial charge on any atom is 0.228 e. The Bertz CT molecular complexity index is 223. The Morgan fingerprint density at radius 1 is 1.60 bits per heavy atom. The molecule has 88 valence electrons. The van der Waals surface area contributed by atoms with Gasteiger partial charge in [-0.25, -0.2) is 0 Å². The van der Waals surface area contributed by atoms with Gasteiger partial charge in [-0.3, -0.25) is 4.79 Å². The fourth-order valence-corrected chi connectivity index (χ4v) is 1.64. The number of nitrogens with zero attached hydrogens (tertiary/aromatic N) is 1. The largest absolute Gasteiger partial charge is 0.381 e. The normalized spacial score (nSPS) is 22.5. The minimum atomic E-state index is -0.269. The standard InChI is InChI=1S/C11H22N2O2/c1-11(2,8-12)13(3)10(14)9-5-4-6-15-7-9/h9H,4-8,12H2,1-3H3. The fraction of sp³-hybridized carbons (Fsp3) is 0.909. The van der Waals surface area contributed by atoms with Gasteiger partial charge < -0.3 is 15.4 Å². The molecule has 0 radical (unpaired) electrons. The van der Waals surface area contributed by atoms with Crippen LogP contribution in [0.4, 0.5) is 0 Å². The van der Waals surface area contributed by atoms with Crippen molar-refractivity contribution in [3.05, 3.63) is 0 Å². The van der Waals surface area contributed by atoms with Gasteiger partial charge in [0.25, 0.3) is 0 Å². The molecule has 1 atom stereocenters. The van der Waals surface area contributed by atoms with E-state index in [0.717, 1.165) is 19.4 Å². The molecule has 0 aromatic heterocycles. The summed E-state index contributed by atoms with van der Waals surface area (Å²) in [5.41, 5.74) is 5.38. The number of likely N-dealkylation sites (N-methyl/N-ethyl adjacent to an activating group) is 1. The van der Waals surface area contributed by atoms with Gasteiger partial charge in [-0.2, -0.15) is 0 Å². The van der Waals surface area contributed by atoms with E-state index >= 15 is 0 Å². The molecule has 1 amide bonds. The smallest absolute Gasteiger partial charge is 0.228 e. The highest BCUT2D eigenvalue weighted by Gasteiger charge is 2.31. The van der Waals surface area contributed by atoms with E-state index in [1.54, 1.807) is 4.90 Å². The summed E-state index contributed by atoms with van der Waals surface area (Å²) in [5, 5.41) is 0. The minimum absolute atomic E-state index is 0.0228. The number of ether oxygens (including phenoxy) is 1. The van der Waals surface area contributed by atoms with E-state index in [0.29, 0.717) is 13.2 Å². The fourth-order valence-electron chi connectivity index (χ4n) is 1.64. The summed E-state index contributed by atoms with van der Waals surface area (Å²) < 4.78 is 5.32. The van der Waals surface area contributed by atoms with Crippen LogP contribution in [0.25, 0.3) is 0 Å². The third-order valence-electron chi connectivity index (χ3n) is 3.25. The summed E-state index contributed by atoms with van der Waals surface area (Å²) in [4.78, 5) is 13.9. The van der Waals surface area contributed by atoms with E-state index in [4.69, 9.17) is 10.5 Å². The van der Waals surface area contributed by atoms with Crippen LogP contribution in [0.3, 0.4) is 0 Å². The highest BCUT2D eigenvalue weighted by atomic mass is 16.5. The van der Waals surface area contributed by atoms with Crippen LogP contribution in [-0.4, -0.2) is 43.2 Å². The molecule has 1 fully saturated rings. The third-order valence-corrected chi connectivity index (χ3v) is 3.25. The van der Waals surface area contributed by atoms with Gasteiger partial charge in [0.2, 0.25) is 5.91 Å². The van der Waals surface area contributed by atoms with E-state index in [1.165, 1.54) is 0 Å². The van der Waals surface area contributed by atoms with Gasteiger partial charge in [-0.15, -0.1) is 0 Å². The van der Waals surface area contributed by atoms with Crippen LogP contribution in [0.15, 0.2) is 0 Å². The lowest BCUT2D eigenvalue weighted by Gasteiger charge is -2.37. The number of nitrogens with two attached hydrogens (primary N) is 1. The quantitative estimate of drug-likeness (QED) is 0.749. The van der Waals surface area contributed by atoms with Gasteiger partial charge in [0, 0.05) is 25.7 Å². The first-order chi connectivity index (χ1) is 6.99. The monoisotopic (exact) mass is 214 g/mol. The lowest BCUT2D eigenvalue weighted by atomic mass is 9.96. The molecule has 1 saturated heterocycles. The molecule has 4 nitrogen and oxygen atoms in total. The summed E-state index contributed by atoms with van der Waals surface area (Å²) in [6.07, 6.45) is 1.91. The minimum Gasteiger partial charge on any atom is -0.381 e. The van der Waals surface area contributed by atoms with Crippen molar-refractivity contribution >= 4 is 5.91 Å². The van der Waals surface area contributed by atoms with Crippen LogP contribution < -0.4 is 5.73 Å². The summed E-state index contributed by atoms with van der Waals surface area (Å²) in [6.45, 7) is 5.78. The Morgan fingerprint density at radius 2 is 2.27 bits per heavy atom. The molecular formula is C11H22N2O2. The Hall–Kier alpha value is -0.610. The molecule has 2 N–H and O–H groups in total. The average molecular weight is 214 g/mol. The lowest BCUT2D eigenvalue weighted by molar-refractivity contribution is -0.142. The van der Waals surface area contributed by atoms with Crippen LogP contribution in [0, 0.1) is 5.92 Å². The van der Waals surface area contributed by atoms with E-state index in [2.05, 4.69) is 0 Å². The number of amides is 1. The van der Waals surface area contributed by atoms with Gasteiger partial charge in [-0.1, -0.05) is 0 Å². The molecule has 0 aromatic rings. The molecule has 0 aliphatic carbocycles. The number of carbonyl (C=O) groups is 1. The first-order valence-corrected chi connectivity index (χ1v) is 5.54. The molecule has 4 heteroatoms. The predicted molar refractivity (Wildman–Crippen MR) is 59.4 cm³/mol. The number of hydrogen-bond acceptors (Lipinski definition) is 3. The van der Waals surface area contributed by atoms with Gasteiger partial charge in [0.05, 0.1) is 12.5 Å². The van der Waals surface area contributed by atoms with Gasteiger partial charge in [0.1, 0.15) is 0 Å². The molecule has 1 aliphatic heterocycles. The molecule has 1 unspecified atom stereocenters. The first-order valence-electron chi connectivity index (χ1n) is 5.54. The summed E-state index contributed by atoms with van der Waals surface area (Å²) >= 11 is 0. The molecule has 0 saturated carbocycles. The van der Waals surface area contributed by atoms with Crippen molar-refractivity contribution in [2.75, 3.05) is 26.8 Å². The van der Waals surface area contributed by atoms with Crippen LogP contribution >= 0.6 is 0 Å². The van der Waals surface area contributed by atoms with Crippen molar-refractivity contribution in [1.29, 1.82) is 0 Å². The summed E-state index contributed by atoms with van der Waals surface area (Å²) in [5.74, 6) is 0.180. The Labute approximate surface area is 91.8 Å². The highest BCUT2D eigenvalue weighted by molar-refractivity contribution is 5.79. The topological polar surface area (TPSA) is 55.6 Å². The Kier molecular flexibility index (Phi) is 4.11. The first kappa shape index (κ1) is 12.5. The molecule has 0 spiro atoms. The zero-order chi connectivity index (χ0) is 11.5. The van der Waals surface area contributed by atoms with Gasteiger partial charge >= 0.3 is 0 Å². The van der Waals surface area contributed by atoms with Gasteiger partial charge in [0.15, 0.2) is 0 Å². The molecular weight excluding hydrogens is 192 g/mol. The van der Waals surface area contributed by atoms with Crippen LogP contribution in [-0.2, 0) is 9.53 Å². The van der Waals surface area contributed by atoms with Crippen LogP contribution in [0.5, 0.6) is 0 Å². The van der Waals surface area contributed by atoms with Crippen molar-refractivity contribution < 1.29 is 9.53 Å². The lowest BCUT2D eigenvalue weighted by Crippen LogP contribution is -2.52. The van der Waals surface area contributed by atoms with Gasteiger partial charge in [-0.05, 0) is 26.7 Å². The second-order valence-corrected chi connectivity index (χ2v) is 4.83. The number of carbonyl (C=O) groups excluding carboxylic acids is 1. The zero-order valence-corrected chi connectivity index (χ0v) is 9.95. The van der Waals surface area contributed by atoms with E-state index in [1.807, 2.05) is 20.9 Å². The maximum absolute atomic E-state index is 12.1. The van der Waals surface area contributed by atoms with Crippen molar-refractivity contribution in [2.45, 2.75) is 32.2 Å². The van der Waals surface area contributed by atoms with Crippen LogP contribution in [0.2, 0.25) is 0 Å². The molecule has 15 heavy (non-hydrogen) atoms. The highest BCUT2D eigenvalue weighted by Crippen LogP contribution is 2.20. The van der Waals surface area contributed by atoms with E-state index in [-0.39, 0.29) is 17.4 Å². The Morgan fingerprint density at radius 3 is 2.73 bits per heavy atom. The van der Waals surface area contributed by atoms with Crippen LogP contribution in [0.1, 0.15) is 26.7 Å². The summed E-state index contributed by atoms with van der Waals surface area (Å²) in [7, 11) is 1.82. The molecule has 1 heterocycles. The number of rotatable bonds is 3. The SMILES string of the molecule is CN(C(=O)C1CCCOC1)C(C)(C)CN. The van der Waals surface area contributed by atoms with E-state index in [9.17, 15) is 4.79 Å².